The van der Waals surface area contributed by atoms with E-state index in [2.05, 4.69) is 31.2 Å². The van der Waals surface area contributed by atoms with Crippen molar-refractivity contribution < 1.29 is 0 Å². The van der Waals surface area contributed by atoms with E-state index in [1.807, 2.05) is 0 Å². The van der Waals surface area contributed by atoms with E-state index in [1.54, 1.807) is 0 Å². The largest absolute Gasteiger partial charge is 0.122 e. The van der Waals surface area contributed by atoms with Gasteiger partial charge < -0.3 is 0 Å². The zero-order valence-electron chi connectivity index (χ0n) is 6.70. The zero-order valence-corrected chi connectivity index (χ0v) is 7.46. The predicted octanol–water partition coefficient (Wildman–Crippen LogP) is 2.99. The van der Waals surface area contributed by atoms with Crippen molar-refractivity contribution in [1.82, 2.24) is 0 Å². The molecular weight excluding hydrogens is 156 g/mol. The summed E-state index contributed by atoms with van der Waals surface area (Å²) in [5.41, 5.74) is 0. The van der Waals surface area contributed by atoms with Crippen LogP contribution in [0.15, 0.2) is 24.3 Å². The van der Waals surface area contributed by atoms with E-state index in [0.29, 0.717) is 17.2 Å². The highest BCUT2D eigenvalue weighted by Gasteiger charge is 2.37. The van der Waals surface area contributed by atoms with Crippen molar-refractivity contribution in [1.29, 1.82) is 0 Å². The first-order valence-corrected chi connectivity index (χ1v) is 4.72. The molecule has 0 nitrogen and oxygen atoms in total. The Balaban J connectivity index is 2.20. The summed E-state index contributed by atoms with van der Waals surface area (Å²) in [5.74, 6) is 2.01. The standard InChI is InChI=1S/C10H13Cl/c1-7-6-8-4-2-3-5-9(8)10(7)11/h2-5,7-10H,6H2,1H3. The fourth-order valence-electron chi connectivity index (χ4n) is 2.19. The van der Waals surface area contributed by atoms with Crippen LogP contribution in [0.1, 0.15) is 13.3 Å². The van der Waals surface area contributed by atoms with Crippen LogP contribution in [0.25, 0.3) is 0 Å². The summed E-state index contributed by atoms with van der Waals surface area (Å²) >= 11 is 6.25. The normalized spacial score (nSPS) is 47.8. The summed E-state index contributed by atoms with van der Waals surface area (Å²) < 4.78 is 0. The summed E-state index contributed by atoms with van der Waals surface area (Å²) in [5, 5.41) is 0.362. The van der Waals surface area contributed by atoms with Crippen LogP contribution in [0.5, 0.6) is 0 Å². The van der Waals surface area contributed by atoms with Crippen molar-refractivity contribution in [2.45, 2.75) is 18.7 Å². The van der Waals surface area contributed by atoms with Gasteiger partial charge in [0.1, 0.15) is 0 Å². The molecular formula is C10H13Cl. The summed E-state index contributed by atoms with van der Waals surface area (Å²) in [6.45, 7) is 2.25. The Kier molecular flexibility index (Phi) is 1.80. The highest BCUT2D eigenvalue weighted by atomic mass is 35.5. The third kappa shape index (κ3) is 1.14. The van der Waals surface area contributed by atoms with E-state index in [4.69, 9.17) is 11.6 Å². The SMILES string of the molecule is CC1CC2C=CC=CC2C1Cl. The zero-order chi connectivity index (χ0) is 7.84. The van der Waals surface area contributed by atoms with E-state index in [0.717, 1.165) is 5.92 Å². The molecule has 0 aromatic carbocycles. The molecule has 0 radical (unpaired) electrons. The third-order valence-corrected chi connectivity index (χ3v) is 3.57. The van der Waals surface area contributed by atoms with Crippen molar-refractivity contribution in [2.75, 3.05) is 0 Å². The van der Waals surface area contributed by atoms with Crippen LogP contribution in [0, 0.1) is 17.8 Å². The van der Waals surface area contributed by atoms with Gasteiger partial charge in [0.25, 0.3) is 0 Å². The molecule has 0 aromatic rings. The Morgan fingerprint density at radius 1 is 1.27 bits per heavy atom. The maximum Gasteiger partial charge on any atom is 0.0430 e. The lowest BCUT2D eigenvalue weighted by molar-refractivity contribution is 0.555. The van der Waals surface area contributed by atoms with E-state index in [1.165, 1.54) is 6.42 Å². The van der Waals surface area contributed by atoms with Gasteiger partial charge in [-0.3, -0.25) is 0 Å². The minimum atomic E-state index is 0.362. The summed E-state index contributed by atoms with van der Waals surface area (Å²) in [6.07, 6.45) is 10.1. The van der Waals surface area contributed by atoms with E-state index >= 15 is 0 Å². The monoisotopic (exact) mass is 168 g/mol. The molecule has 0 spiro atoms. The molecule has 0 amide bonds. The van der Waals surface area contributed by atoms with Crippen LogP contribution in [-0.4, -0.2) is 5.38 Å². The van der Waals surface area contributed by atoms with Crippen LogP contribution in [0.2, 0.25) is 0 Å². The van der Waals surface area contributed by atoms with Gasteiger partial charge in [0.15, 0.2) is 0 Å². The molecule has 1 fully saturated rings. The number of allylic oxidation sites excluding steroid dienone is 4. The number of hydrogen-bond donors (Lipinski definition) is 0. The molecule has 11 heavy (non-hydrogen) atoms. The Hall–Kier alpha value is -0.230. The maximum absolute atomic E-state index is 6.25. The van der Waals surface area contributed by atoms with Crippen LogP contribution < -0.4 is 0 Å². The van der Waals surface area contributed by atoms with Crippen molar-refractivity contribution >= 4 is 11.6 Å². The third-order valence-electron chi connectivity index (χ3n) is 2.85. The average molecular weight is 169 g/mol. The second-order valence-corrected chi connectivity index (χ2v) is 4.17. The Morgan fingerprint density at radius 3 is 2.73 bits per heavy atom. The molecule has 0 N–H and O–H groups in total. The number of hydrogen-bond acceptors (Lipinski definition) is 0. The van der Waals surface area contributed by atoms with Gasteiger partial charge >= 0.3 is 0 Å². The fraction of sp³-hybridized carbons (Fsp3) is 0.600. The van der Waals surface area contributed by atoms with Gasteiger partial charge in [0.05, 0.1) is 0 Å². The smallest absolute Gasteiger partial charge is 0.0430 e. The topological polar surface area (TPSA) is 0 Å². The lowest BCUT2D eigenvalue weighted by Gasteiger charge is -2.17. The second kappa shape index (κ2) is 2.67. The van der Waals surface area contributed by atoms with E-state index in [-0.39, 0.29) is 0 Å². The minimum Gasteiger partial charge on any atom is -0.122 e. The predicted molar refractivity (Wildman–Crippen MR) is 48.7 cm³/mol. The van der Waals surface area contributed by atoms with E-state index < -0.39 is 0 Å². The molecule has 0 aliphatic heterocycles. The number of alkyl halides is 1. The number of fused-ring (bicyclic) bond motifs is 1. The first kappa shape index (κ1) is 7.42. The van der Waals surface area contributed by atoms with Gasteiger partial charge in [-0.05, 0) is 24.2 Å². The lowest BCUT2D eigenvalue weighted by Crippen LogP contribution is -2.14. The average Bonchev–Trinajstić information content (AvgIpc) is 2.30. The summed E-state index contributed by atoms with van der Waals surface area (Å²) in [7, 11) is 0. The van der Waals surface area contributed by atoms with Crippen LogP contribution >= 0.6 is 11.6 Å². The van der Waals surface area contributed by atoms with Crippen LogP contribution in [0.4, 0.5) is 0 Å². The molecule has 2 aliphatic rings. The van der Waals surface area contributed by atoms with E-state index in [9.17, 15) is 0 Å². The Labute approximate surface area is 72.9 Å². The molecule has 0 heterocycles. The van der Waals surface area contributed by atoms with Crippen molar-refractivity contribution in [3.63, 3.8) is 0 Å². The number of rotatable bonds is 0. The second-order valence-electron chi connectivity index (χ2n) is 3.67. The summed E-state index contributed by atoms with van der Waals surface area (Å²) in [6, 6.07) is 0. The minimum absolute atomic E-state index is 0.362. The van der Waals surface area contributed by atoms with Gasteiger partial charge in [-0.2, -0.15) is 0 Å². The van der Waals surface area contributed by atoms with Gasteiger partial charge in [-0.15, -0.1) is 11.6 Å². The fourth-order valence-corrected chi connectivity index (χ4v) is 2.56. The van der Waals surface area contributed by atoms with Crippen molar-refractivity contribution in [3.05, 3.63) is 24.3 Å². The maximum atomic E-state index is 6.25. The molecule has 1 saturated carbocycles. The van der Waals surface area contributed by atoms with Crippen molar-refractivity contribution in [3.8, 4) is 0 Å². The molecule has 2 rings (SSSR count). The van der Waals surface area contributed by atoms with Crippen LogP contribution in [0.3, 0.4) is 0 Å². The molecule has 1 heteroatoms. The number of halogens is 1. The van der Waals surface area contributed by atoms with Gasteiger partial charge in [-0.1, -0.05) is 31.2 Å². The first-order valence-electron chi connectivity index (χ1n) is 4.28. The Morgan fingerprint density at radius 2 is 2.00 bits per heavy atom. The van der Waals surface area contributed by atoms with Gasteiger partial charge in [0.2, 0.25) is 0 Å². The molecule has 2 aliphatic carbocycles. The van der Waals surface area contributed by atoms with Crippen LogP contribution in [-0.2, 0) is 0 Å². The molecule has 0 bridgehead atoms. The quantitative estimate of drug-likeness (QED) is 0.488. The van der Waals surface area contributed by atoms with Gasteiger partial charge in [0, 0.05) is 5.38 Å². The van der Waals surface area contributed by atoms with Crippen molar-refractivity contribution in [2.24, 2.45) is 17.8 Å². The molecule has 0 saturated heterocycles. The highest BCUT2D eigenvalue weighted by Crippen LogP contribution is 2.42. The molecule has 4 atom stereocenters. The first-order chi connectivity index (χ1) is 5.29. The molecule has 60 valence electrons. The Bertz CT molecular complexity index is 205. The lowest BCUT2D eigenvalue weighted by atomic mass is 9.92. The summed E-state index contributed by atoms with van der Waals surface area (Å²) in [4.78, 5) is 0. The molecule has 4 unspecified atom stereocenters. The van der Waals surface area contributed by atoms with Gasteiger partial charge in [-0.25, -0.2) is 0 Å². The highest BCUT2D eigenvalue weighted by molar-refractivity contribution is 6.21. The molecule has 0 aromatic heterocycles.